The number of ketones is 1. The van der Waals surface area contributed by atoms with Gasteiger partial charge in [-0.3, -0.25) is 9.59 Å². The number of Topliss-reactive ketones (excluding diaryl/α,β-unsaturated/α-hetero) is 1. The summed E-state index contributed by atoms with van der Waals surface area (Å²) < 4.78 is 7.30. The molecule has 1 amide bonds. The Bertz CT molecular complexity index is 811. The molecule has 1 aliphatic rings. The van der Waals surface area contributed by atoms with Crippen molar-refractivity contribution < 1.29 is 14.3 Å². The van der Waals surface area contributed by atoms with Crippen molar-refractivity contribution in [2.24, 2.45) is 0 Å². The fraction of sp³-hybridized carbons (Fsp3) is 0.500. The number of likely N-dealkylation sites (tertiary alicyclic amines) is 1. The summed E-state index contributed by atoms with van der Waals surface area (Å²) in [6.45, 7) is 5.72. The summed E-state index contributed by atoms with van der Waals surface area (Å²) >= 11 is 0. The number of amides is 1. The van der Waals surface area contributed by atoms with Gasteiger partial charge in [-0.1, -0.05) is 0 Å². The van der Waals surface area contributed by atoms with Crippen LogP contribution in [0.5, 0.6) is 5.75 Å². The van der Waals surface area contributed by atoms with Crippen LogP contribution in [-0.4, -0.2) is 46.3 Å². The van der Waals surface area contributed by atoms with Crippen LogP contribution in [-0.2, 0) is 4.79 Å². The summed E-state index contributed by atoms with van der Waals surface area (Å²) in [7, 11) is 1.59. The van der Waals surface area contributed by atoms with E-state index < -0.39 is 0 Å². The number of piperidine rings is 1. The summed E-state index contributed by atoms with van der Waals surface area (Å²) in [5.41, 5.74) is 0.615. The molecule has 0 aliphatic carbocycles. The first kappa shape index (κ1) is 20.1. The molecule has 1 saturated heterocycles. The minimum Gasteiger partial charge on any atom is -0.497 e. The van der Waals surface area contributed by atoms with E-state index in [-0.39, 0.29) is 30.4 Å². The summed E-state index contributed by atoms with van der Waals surface area (Å²) in [6.07, 6.45) is 6.33. The third-order valence-corrected chi connectivity index (χ3v) is 5.37. The third kappa shape index (κ3) is 4.61. The number of carbonyl (C=O) groups excluding carboxylic acids is 2. The Labute approximate surface area is 166 Å². The van der Waals surface area contributed by atoms with E-state index in [0.29, 0.717) is 23.9 Å². The predicted octanol–water partition coefficient (Wildman–Crippen LogP) is 3.84. The lowest BCUT2D eigenvalue weighted by atomic mass is 9.96. The fourth-order valence-corrected chi connectivity index (χ4v) is 3.79. The standard InChI is InChI=1S/C22H29N3O3/c1-16(2)25-14-12-23-22(25)18-5-4-13-24(15-18)21(27)11-10-20(26)17-6-8-19(28-3)9-7-17/h6-9,12,14,16,18H,4-5,10-11,13,15H2,1-3H3. The Hall–Kier alpha value is -2.63. The SMILES string of the molecule is COc1ccc(C(=O)CCC(=O)N2CCCC(c3nccn3C(C)C)C2)cc1. The van der Waals surface area contributed by atoms with Gasteiger partial charge in [-0.05, 0) is 51.0 Å². The molecule has 150 valence electrons. The van der Waals surface area contributed by atoms with E-state index in [9.17, 15) is 9.59 Å². The monoisotopic (exact) mass is 383 g/mol. The molecule has 6 heteroatoms. The minimum atomic E-state index is -0.0140. The number of imidazole rings is 1. The van der Waals surface area contributed by atoms with Crippen molar-refractivity contribution in [2.45, 2.75) is 51.5 Å². The number of aromatic nitrogens is 2. The number of hydrogen-bond acceptors (Lipinski definition) is 4. The highest BCUT2D eigenvalue weighted by Crippen LogP contribution is 2.28. The van der Waals surface area contributed by atoms with Crippen LogP contribution in [0.2, 0.25) is 0 Å². The van der Waals surface area contributed by atoms with Crippen molar-refractivity contribution >= 4 is 11.7 Å². The Morgan fingerprint density at radius 3 is 2.64 bits per heavy atom. The van der Waals surface area contributed by atoms with Crippen LogP contribution >= 0.6 is 0 Å². The first-order valence-electron chi connectivity index (χ1n) is 9.97. The normalized spacial score (nSPS) is 17.0. The number of nitrogens with zero attached hydrogens (tertiary/aromatic N) is 3. The molecule has 2 aromatic rings. The van der Waals surface area contributed by atoms with Gasteiger partial charge in [-0.25, -0.2) is 4.98 Å². The molecule has 1 atom stereocenters. The molecule has 1 aliphatic heterocycles. The maximum absolute atomic E-state index is 12.7. The van der Waals surface area contributed by atoms with Gasteiger partial charge >= 0.3 is 0 Å². The van der Waals surface area contributed by atoms with E-state index in [1.165, 1.54) is 0 Å². The van der Waals surface area contributed by atoms with Crippen LogP contribution in [0.1, 0.15) is 67.7 Å². The van der Waals surface area contributed by atoms with Gasteiger partial charge in [0, 0.05) is 55.8 Å². The van der Waals surface area contributed by atoms with Gasteiger partial charge < -0.3 is 14.2 Å². The molecule has 0 saturated carbocycles. The number of benzene rings is 1. The second kappa shape index (κ2) is 9.04. The lowest BCUT2D eigenvalue weighted by molar-refractivity contribution is -0.132. The number of carbonyl (C=O) groups is 2. The van der Waals surface area contributed by atoms with Crippen LogP contribution in [0, 0.1) is 0 Å². The Morgan fingerprint density at radius 2 is 1.96 bits per heavy atom. The average molecular weight is 383 g/mol. The summed E-state index contributed by atoms with van der Waals surface area (Å²) in [6, 6.07) is 7.37. The lowest BCUT2D eigenvalue weighted by Crippen LogP contribution is -2.40. The zero-order valence-corrected chi connectivity index (χ0v) is 16.9. The van der Waals surface area contributed by atoms with Gasteiger partial charge in [0.15, 0.2) is 5.78 Å². The minimum absolute atomic E-state index is 0.0140. The van der Waals surface area contributed by atoms with Crippen molar-refractivity contribution in [3.63, 3.8) is 0 Å². The fourth-order valence-electron chi connectivity index (χ4n) is 3.79. The first-order valence-corrected chi connectivity index (χ1v) is 9.97. The summed E-state index contributed by atoms with van der Waals surface area (Å²) in [5, 5.41) is 0. The molecule has 0 N–H and O–H groups in total. The summed E-state index contributed by atoms with van der Waals surface area (Å²) in [4.78, 5) is 31.5. The Kier molecular flexibility index (Phi) is 6.49. The molecular weight excluding hydrogens is 354 g/mol. The molecule has 6 nitrogen and oxygen atoms in total. The van der Waals surface area contributed by atoms with Gasteiger partial charge in [0.25, 0.3) is 0 Å². The molecule has 1 unspecified atom stereocenters. The molecule has 28 heavy (non-hydrogen) atoms. The van der Waals surface area contributed by atoms with Gasteiger partial charge in [-0.2, -0.15) is 0 Å². The summed E-state index contributed by atoms with van der Waals surface area (Å²) in [5.74, 6) is 2.06. The van der Waals surface area contributed by atoms with Gasteiger partial charge in [0.05, 0.1) is 7.11 Å². The second-order valence-electron chi connectivity index (χ2n) is 7.62. The second-order valence-corrected chi connectivity index (χ2v) is 7.62. The van der Waals surface area contributed by atoms with E-state index in [1.807, 2.05) is 17.3 Å². The lowest BCUT2D eigenvalue weighted by Gasteiger charge is -2.33. The highest BCUT2D eigenvalue weighted by atomic mass is 16.5. The Morgan fingerprint density at radius 1 is 1.21 bits per heavy atom. The highest BCUT2D eigenvalue weighted by Gasteiger charge is 2.28. The molecule has 0 radical (unpaired) electrons. The molecule has 1 aromatic heterocycles. The van der Waals surface area contributed by atoms with Crippen LogP contribution in [0.3, 0.4) is 0 Å². The molecule has 2 heterocycles. The number of hydrogen-bond donors (Lipinski definition) is 0. The van der Waals surface area contributed by atoms with Crippen LogP contribution in [0.25, 0.3) is 0 Å². The molecular formula is C22H29N3O3. The first-order chi connectivity index (χ1) is 13.5. The van der Waals surface area contributed by atoms with Gasteiger partial charge in [0.1, 0.15) is 11.6 Å². The predicted molar refractivity (Wildman–Crippen MR) is 108 cm³/mol. The number of methoxy groups -OCH3 is 1. The van der Waals surface area contributed by atoms with E-state index in [1.54, 1.807) is 31.4 Å². The van der Waals surface area contributed by atoms with Crippen LogP contribution in [0.4, 0.5) is 0 Å². The van der Waals surface area contributed by atoms with Crippen molar-refractivity contribution in [3.05, 3.63) is 48.0 Å². The van der Waals surface area contributed by atoms with E-state index >= 15 is 0 Å². The van der Waals surface area contributed by atoms with Crippen molar-refractivity contribution in [1.29, 1.82) is 0 Å². The quantitative estimate of drug-likeness (QED) is 0.682. The highest BCUT2D eigenvalue weighted by molar-refractivity contribution is 5.98. The van der Waals surface area contributed by atoms with Crippen LogP contribution < -0.4 is 4.74 Å². The van der Waals surface area contributed by atoms with Gasteiger partial charge in [0.2, 0.25) is 5.91 Å². The smallest absolute Gasteiger partial charge is 0.223 e. The molecule has 0 bridgehead atoms. The molecule has 1 aromatic carbocycles. The number of ether oxygens (including phenoxy) is 1. The Balaban J connectivity index is 1.56. The number of rotatable bonds is 7. The van der Waals surface area contributed by atoms with Crippen molar-refractivity contribution in [3.8, 4) is 5.75 Å². The van der Waals surface area contributed by atoms with E-state index in [0.717, 1.165) is 25.2 Å². The maximum atomic E-state index is 12.7. The average Bonchev–Trinajstić information content (AvgIpc) is 3.22. The van der Waals surface area contributed by atoms with Crippen molar-refractivity contribution in [1.82, 2.24) is 14.5 Å². The molecule has 1 fully saturated rings. The third-order valence-electron chi connectivity index (χ3n) is 5.37. The largest absolute Gasteiger partial charge is 0.497 e. The molecule has 3 rings (SSSR count). The van der Waals surface area contributed by atoms with E-state index in [2.05, 4.69) is 23.4 Å². The van der Waals surface area contributed by atoms with Crippen molar-refractivity contribution in [2.75, 3.05) is 20.2 Å². The molecule has 0 spiro atoms. The van der Waals surface area contributed by atoms with Gasteiger partial charge in [-0.15, -0.1) is 0 Å². The van der Waals surface area contributed by atoms with Crippen LogP contribution in [0.15, 0.2) is 36.7 Å². The zero-order valence-electron chi connectivity index (χ0n) is 16.9. The maximum Gasteiger partial charge on any atom is 0.223 e. The van der Waals surface area contributed by atoms with E-state index in [4.69, 9.17) is 4.74 Å². The zero-order chi connectivity index (χ0) is 20.1. The topological polar surface area (TPSA) is 64.4 Å².